The van der Waals surface area contributed by atoms with Gasteiger partial charge in [-0.25, -0.2) is 9.07 Å². The Balaban J connectivity index is 1.20. The van der Waals surface area contributed by atoms with Crippen LogP contribution in [-0.2, 0) is 29.6 Å². The Morgan fingerprint density at radius 1 is 1.23 bits per heavy atom. The number of carbonyl (C=O) groups is 1. The van der Waals surface area contributed by atoms with Gasteiger partial charge >= 0.3 is 0 Å². The summed E-state index contributed by atoms with van der Waals surface area (Å²) in [5.41, 5.74) is 3.47. The zero-order valence-electron chi connectivity index (χ0n) is 23.5. The molecule has 1 fully saturated rings. The molecule has 2 heterocycles. The number of hydrogen-bond donors (Lipinski definition) is 1. The monoisotopic (exact) mass is 546 g/mol. The molecule has 2 aliphatic rings. The molecule has 1 unspecified atom stereocenters. The van der Waals surface area contributed by atoms with Crippen LogP contribution in [0.15, 0.2) is 55.3 Å². The van der Waals surface area contributed by atoms with Gasteiger partial charge in [-0.05, 0) is 80.2 Å². The van der Waals surface area contributed by atoms with E-state index in [1.165, 1.54) is 6.07 Å². The minimum Gasteiger partial charge on any atom is -0.495 e. The summed E-state index contributed by atoms with van der Waals surface area (Å²) in [7, 11) is 1.62. The molecule has 7 nitrogen and oxygen atoms in total. The molecule has 8 heteroatoms. The Morgan fingerprint density at radius 3 is 2.83 bits per heavy atom. The van der Waals surface area contributed by atoms with E-state index in [0.29, 0.717) is 30.6 Å². The third kappa shape index (κ3) is 6.06. The number of aromatic nitrogens is 3. The third-order valence-electron chi connectivity index (χ3n) is 8.48. The number of para-hydroxylation sites is 1. The molecule has 1 aromatic heterocycles. The van der Waals surface area contributed by atoms with Crippen LogP contribution in [0.3, 0.4) is 0 Å². The van der Waals surface area contributed by atoms with E-state index in [1.54, 1.807) is 7.11 Å². The highest BCUT2D eigenvalue weighted by molar-refractivity contribution is 5.97. The zero-order chi connectivity index (χ0) is 28.1. The summed E-state index contributed by atoms with van der Waals surface area (Å²) in [6, 6.07) is 11.0. The summed E-state index contributed by atoms with van der Waals surface area (Å²) < 4.78 is 27.7. The van der Waals surface area contributed by atoms with Crippen molar-refractivity contribution in [3.05, 3.63) is 77.9 Å². The van der Waals surface area contributed by atoms with Gasteiger partial charge in [0.1, 0.15) is 5.75 Å². The summed E-state index contributed by atoms with van der Waals surface area (Å²) in [6.45, 7) is 7.37. The molecule has 5 rings (SSSR count). The number of nitrogens with one attached hydrogen (secondary N) is 1. The van der Waals surface area contributed by atoms with E-state index >= 15 is 0 Å². The van der Waals surface area contributed by atoms with Crippen LogP contribution in [0, 0.1) is 17.7 Å². The number of aryl methyl sites for hydroxylation is 1. The van der Waals surface area contributed by atoms with E-state index in [1.807, 2.05) is 41.2 Å². The summed E-state index contributed by atoms with van der Waals surface area (Å²) in [6.07, 6.45) is 11.0. The average Bonchev–Trinajstić information content (AvgIpc) is 3.71. The number of halogens is 1. The van der Waals surface area contributed by atoms with E-state index in [2.05, 4.69) is 35.2 Å². The minimum atomic E-state index is -0.442. The third-order valence-corrected chi connectivity index (χ3v) is 8.48. The molecule has 0 bridgehead atoms. The van der Waals surface area contributed by atoms with Crippen molar-refractivity contribution in [1.82, 2.24) is 15.0 Å². The van der Waals surface area contributed by atoms with E-state index in [4.69, 9.17) is 9.47 Å². The maximum absolute atomic E-state index is 14.5. The van der Waals surface area contributed by atoms with Gasteiger partial charge in [0, 0.05) is 11.3 Å². The van der Waals surface area contributed by atoms with Crippen LogP contribution in [0.25, 0.3) is 0 Å². The van der Waals surface area contributed by atoms with Crippen molar-refractivity contribution in [2.24, 2.45) is 11.8 Å². The number of hydrogen-bond acceptors (Lipinski definition) is 5. The fraction of sp³-hybridized carbons (Fsp3) is 0.469. The van der Waals surface area contributed by atoms with Crippen LogP contribution in [0.1, 0.15) is 62.3 Å². The summed E-state index contributed by atoms with van der Waals surface area (Å²) in [4.78, 5) is 12.7. The van der Waals surface area contributed by atoms with Crippen molar-refractivity contribution in [2.45, 2.75) is 70.3 Å². The molecule has 1 saturated carbocycles. The lowest BCUT2D eigenvalue weighted by Gasteiger charge is -2.31. The predicted molar refractivity (Wildman–Crippen MR) is 153 cm³/mol. The molecule has 0 radical (unpaired) electrons. The highest BCUT2D eigenvalue weighted by Crippen LogP contribution is 2.37. The van der Waals surface area contributed by atoms with Gasteiger partial charge in [-0.1, -0.05) is 42.8 Å². The number of benzene rings is 2. The molecule has 212 valence electrons. The summed E-state index contributed by atoms with van der Waals surface area (Å²) in [5, 5.41) is 11.6. The van der Waals surface area contributed by atoms with E-state index in [-0.39, 0.29) is 17.6 Å². The lowest BCUT2D eigenvalue weighted by Crippen LogP contribution is -2.30. The van der Waals surface area contributed by atoms with Crippen LogP contribution in [0.5, 0.6) is 11.5 Å². The predicted octanol–water partition coefficient (Wildman–Crippen LogP) is 6.27. The van der Waals surface area contributed by atoms with Crippen molar-refractivity contribution in [3.8, 4) is 11.5 Å². The van der Waals surface area contributed by atoms with E-state index in [9.17, 15) is 9.18 Å². The number of nitrogens with zero attached hydrogens (tertiary/aromatic N) is 3. The van der Waals surface area contributed by atoms with Gasteiger partial charge in [-0.3, -0.25) is 4.79 Å². The molecule has 1 aliphatic heterocycles. The van der Waals surface area contributed by atoms with Gasteiger partial charge in [0.05, 0.1) is 37.8 Å². The van der Waals surface area contributed by atoms with Gasteiger partial charge in [-0.15, -0.1) is 11.7 Å². The van der Waals surface area contributed by atoms with Gasteiger partial charge < -0.3 is 14.8 Å². The quantitative estimate of drug-likeness (QED) is 0.190. The molecular formula is C32H39FN4O3. The fourth-order valence-corrected chi connectivity index (χ4v) is 5.59. The highest BCUT2D eigenvalue weighted by atomic mass is 19.1. The fourth-order valence-electron chi connectivity index (χ4n) is 5.59. The maximum atomic E-state index is 14.5. The molecule has 40 heavy (non-hydrogen) atoms. The number of amides is 1. The summed E-state index contributed by atoms with van der Waals surface area (Å²) in [5.74, 6) is 1.22. The normalized spacial score (nSPS) is 18.0. The van der Waals surface area contributed by atoms with Crippen molar-refractivity contribution in [2.75, 3.05) is 19.0 Å². The average molecular weight is 547 g/mol. The van der Waals surface area contributed by atoms with Gasteiger partial charge in [-0.2, -0.15) is 0 Å². The number of rotatable bonds is 14. The zero-order valence-corrected chi connectivity index (χ0v) is 23.5. The Labute approximate surface area is 235 Å². The number of anilines is 1. The summed E-state index contributed by atoms with van der Waals surface area (Å²) >= 11 is 0. The first kappa shape index (κ1) is 27.9. The standard InChI is InChI=1S/C32H39FN4O3/c1-4-32(5-2,25-15-16-27(33)29(18-25)40-20-22-13-14-22)21-37-26(19-34-36-37)11-7-6-9-24-17-23-10-8-12-28(39-3)30(23)35-31(24)38/h4,8,10,12,15-16,18-19,22,24H,1,5-7,9,11,13-14,17,20-21H2,2-3H3,(H,35,38)/t24?,32-/m0/s1. The number of carbonyl (C=O) groups excluding carboxylic acids is 1. The first-order valence-corrected chi connectivity index (χ1v) is 14.4. The van der Waals surface area contributed by atoms with Crippen LogP contribution in [0.4, 0.5) is 10.1 Å². The molecule has 1 aliphatic carbocycles. The van der Waals surface area contributed by atoms with Crippen LogP contribution in [-0.4, -0.2) is 34.6 Å². The molecular weight excluding hydrogens is 507 g/mol. The van der Waals surface area contributed by atoms with Crippen LogP contribution < -0.4 is 14.8 Å². The number of methoxy groups -OCH3 is 1. The maximum Gasteiger partial charge on any atom is 0.227 e. The SMILES string of the molecule is C=C[C@](CC)(Cn1nncc1CCCCC1Cc2cccc(OC)c2NC1=O)c1ccc(F)c(OCC2CC2)c1. The second-order valence-electron chi connectivity index (χ2n) is 11.1. The molecule has 2 atom stereocenters. The molecule has 1 N–H and O–H groups in total. The van der Waals surface area contributed by atoms with Crippen molar-refractivity contribution in [3.63, 3.8) is 0 Å². The first-order chi connectivity index (χ1) is 19.5. The topological polar surface area (TPSA) is 78.3 Å². The van der Waals surface area contributed by atoms with E-state index in [0.717, 1.165) is 73.9 Å². The number of unbranched alkanes of at least 4 members (excludes halogenated alkanes) is 1. The lowest BCUT2D eigenvalue weighted by molar-refractivity contribution is -0.120. The minimum absolute atomic E-state index is 0.0500. The molecule has 3 aromatic rings. The number of ether oxygens (including phenoxy) is 2. The Morgan fingerprint density at radius 2 is 2.08 bits per heavy atom. The lowest BCUT2D eigenvalue weighted by atomic mass is 9.78. The molecule has 0 spiro atoms. The Kier molecular flexibility index (Phi) is 8.52. The molecule has 1 amide bonds. The van der Waals surface area contributed by atoms with E-state index < -0.39 is 5.41 Å². The second-order valence-corrected chi connectivity index (χ2v) is 11.1. The van der Waals surface area contributed by atoms with Gasteiger partial charge in [0.25, 0.3) is 0 Å². The molecule has 0 saturated heterocycles. The van der Waals surface area contributed by atoms with Crippen molar-refractivity contribution in [1.29, 1.82) is 0 Å². The Hall–Kier alpha value is -3.68. The largest absolute Gasteiger partial charge is 0.495 e. The smallest absolute Gasteiger partial charge is 0.227 e. The first-order valence-electron chi connectivity index (χ1n) is 14.4. The number of fused-ring (bicyclic) bond motifs is 1. The van der Waals surface area contributed by atoms with Crippen molar-refractivity contribution < 1.29 is 18.7 Å². The second kappa shape index (κ2) is 12.2. The van der Waals surface area contributed by atoms with Gasteiger partial charge in [0.15, 0.2) is 11.6 Å². The Bertz CT molecular complexity index is 1350. The number of allylic oxidation sites excluding steroid dienone is 1. The highest BCUT2D eigenvalue weighted by Gasteiger charge is 2.31. The van der Waals surface area contributed by atoms with Crippen LogP contribution in [0.2, 0.25) is 0 Å². The van der Waals surface area contributed by atoms with Gasteiger partial charge in [0.2, 0.25) is 5.91 Å². The molecule has 2 aromatic carbocycles. The van der Waals surface area contributed by atoms with Crippen LogP contribution >= 0.6 is 0 Å². The van der Waals surface area contributed by atoms with Crippen molar-refractivity contribution >= 4 is 11.6 Å².